The van der Waals surface area contributed by atoms with Gasteiger partial charge in [-0.25, -0.2) is 8.78 Å². The maximum atomic E-state index is 13.4. The van der Waals surface area contributed by atoms with Gasteiger partial charge in [0.05, 0.1) is 30.7 Å². The first-order valence-corrected chi connectivity index (χ1v) is 6.04. The fourth-order valence-corrected chi connectivity index (χ4v) is 2.60. The number of hydrogen-bond donors (Lipinski definition) is 1. The van der Waals surface area contributed by atoms with Crippen molar-refractivity contribution in [2.75, 3.05) is 24.5 Å². The third-order valence-electron chi connectivity index (χ3n) is 3.45. The Bertz CT molecular complexity index is 416. The van der Waals surface area contributed by atoms with Gasteiger partial charge >= 0.3 is 0 Å². The molecule has 6 heteroatoms. The summed E-state index contributed by atoms with van der Waals surface area (Å²) in [6, 6.07) is 0. The summed E-state index contributed by atoms with van der Waals surface area (Å²) in [6.45, 7) is 2.96. The van der Waals surface area contributed by atoms with Crippen LogP contribution in [0.25, 0.3) is 0 Å². The minimum Gasteiger partial charge on any atom is -0.363 e. The van der Waals surface area contributed by atoms with Crippen LogP contribution in [0, 0.1) is 0 Å². The lowest BCUT2D eigenvalue weighted by molar-refractivity contribution is -0.0117. The summed E-state index contributed by atoms with van der Waals surface area (Å²) in [7, 11) is 0. The molecule has 1 saturated heterocycles. The van der Waals surface area contributed by atoms with Crippen molar-refractivity contribution in [1.29, 1.82) is 0 Å². The lowest BCUT2D eigenvalue weighted by Gasteiger charge is -2.34. The fourth-order valence-electron chi connectivity index (χ4n) is 2.60. The van der Waals surface area contributed by atoms with Gasteiger partial charge in [-0.05, 0) is 6.42 Å². The molecule has 3 rings (SSSR count). The Kier molecular flexibility index (Phi) is 2.54. The van der Waals surface area contributed by atoms with Crippen molar-refractivity contribution in [3.8, 4) is 0 Å². The molecule has 0 bridgehead atoms. The molecule has 1 aromatic rings. The van der Waals surface area contributed by atoms with Crippen molar-refractivity contribution in [2.45, 2.75) is 31.9 Å². The molecule has 0 saturated carbocycles. The van der Waals surface area contributed by atoms with Gasteiger partial charge in [-0.15, -0.1) is 0 Å². The van der Waals surface area contributed by atoms with Gasteiger partial charge in [0.25, 0.3) is 5.92 Å². The maximum Gasteiger partial charge on any atom is 0.265 e. The minimum absolute atomic E-state index is 0.00518. The summed E-state index contributed by atoms with van der Waals surface area (Å²) in [4.78, 5) is 1.77. The average molecular weight is 242 g/mol. The predicted molar refractivity (Wildman–Crippen MR) is 60.3 cm³/mol. The number of hydrogen-bond acceptors (Lipinski definition) is 3. The highest BCUT2D eigenvalue weighted by Crippen LogP contribution is 2.31. The third kappa shape index (κ3) is 2.01. The molecule has 0 aromatic carbocycles. The van der Waals surface area contributed by atoms with Crippen molar-refractivity contribution >= 4 is 5.69 Å². The quantitative estimate of drug-likeness (QED) is 0.804. The van der Waals surface area contributed by atoms with Crippen LogP contribution in [0.4, 0.5) is 14.5 Å². The molecule has 2 aliphatic rings. The maximum absolute atomic E-state index is 13.4. The van der Waals surface area contributed by atoms with Gasteiger partial charge in [0.15, 0.2) is 0 Å². The molecule has 0 spiro atoms. The molecular weight excluding hydrogens is 226 g/mol. The number of nitrogens with one attached hydrogen (secondary N) is 1. The van der Waals surface area contributed by atoms with Crippen LogP contribution in [0.1, 0.15) is 18.5 Å². The fraction of sp³-hybridized carbons (Fsp3) is 0.727. The molecule has 2 aliphatic heterocycles. The molecule has 1 N–H and O–H groups in total. The number of halogens is 2. The molecule has 1 aromatic heterocycles. The van der Waals surface area contributed by atoms with E-state index in [0.717, 1.165) is 31.0 Å². The Balaban J connectivity index is 1.86. The zero-order valence-electron chi connectivity index (χ0n) is 9.62. The van der Waals surface area contributed by atoms with E-state index in [1.165, 1.54) is 0 Å². The summed E-state index contributed by atoms with van der Waals surface area (Å²) in [5.41, 5.74) is 1.91. The van der Waals surface area contributed by atoms with Crippen LogP contribution < -0.4 is 10.2 Å². The van der Waals surface area contributed by atoms with Gasteiger partial charge in [0, 0.05) is 26.1 Å². The SMILES string of the molecule is FC1(F)CCCN(c2cnn3c2CNCC3)C1. The van der Waals surface area contributed by atoms with E-state index in [1.54, 1.807) is 11.1 Å². The largest absolute Gasteiger partial charge is 0.363 e. The van der Waals surface area contributed by atoms with Gasteiger partial charge < -0.3 is 10.2 Å². The van der Waals surface area contributed by atoms with E-state index >= 15 is 0 Å². The van der Waals surface area contributed by atoms with E-state index in [0.29, 0.717) is 13.0 Å². The highest BCUT2D eigenvalue weighted by molar-refractivity contribution is 5.50. The Hall–Kier alpha value is -1.17. The number of anilines is 1. The second kappa shape index (κ2) is 3.94. The van der Waals surface area contributed by atoms with Crippen LogP contribution in [0.2, 0.25) is 0 Å². The normalized spacial score (nSPS) is 23.5. The summed E-state index contributed by atoms with van der Waals surface area (Å²) in [5.74, 6) is -2.56. The molecule has 0 unspecified atom stereocenters. The lowest BCUT2D eigenvalue weighted by atomic mass is 10.1. The molecule has 0 radical (unpaired) electrons. The van der Waals surface area contributed by atoms with Crippen molar-refractivity contribution in [3.05, 3.63) is 11.9 Å². The molecular formula is C11H16F2N4. The van der Waals surface area contributed by atoms with E-state index in [1.807, 2.05) is 4.68 Å². The number of piperidine rings is 1. The molecule has 0 amide bonds. The molecule has 1 fully saturated rings. The third-order valence-corrected chi connectivity index (χ3v) is 3.45. The first kappa shape index (κ1) is 11.0. The van der Waals surface area contributed by atoms with Crippen LogP contribution in [0.5, 0.6) is 0 Å². The smallest absolute Gasteiger partial charge is 0.265 e. The number of nitrogens with zero attached hydrogens (tertiary/aromatic N) is 3. The Labute approximate surface area is 98.6 Å². The number of fused-ring (bicyclic) bond motifs is 1. The zero-order valence-corrected chi connectivity index (χ0v) is 9.62. The predicted octanol–water partition coefficient (Wildman–Crippen LogP) is 1.22. The van der Waals surface area contributed by atoms with Crippen LogP contribution in [0.3, 0.4) is 0 Å². The molecule has 3 heterocycles. The zero-order chi connectivity index (χ0) is 11.9. The van der Waals surface area contributed by atoms with Crippen LogP contribution in [-0.2, 0) is 13.1 Å². The van der Waals surface area contributed by atoms with E-state index in [-0.39, 0.29) is 13.0 Å². The van der Waals surface area contributed by atoms with E-state index in [2.05, 4.69) is 10.4 Å². The number of alkyl halides is 2. The Morgan fingerprint density at radius 2 is 2.24 bits per heavy atom. The monoisotopic (exact) mass is 242 g/mol. The average Bonchev–Trinajstić information content (AvgIpc) is 2.71. The highest BCUT2D eigenvalue weighted by atomic mass is 19.3. The molecule has 4 nitrogen and oxygen atoms in total. The van der Waals surface area contributed by atoms with Gasteiger partial charge in [-0.2, -0.15) is 5.10 Å². The Morgan fingerprint density at radius 3 is 3.06 bits per heavy atom. The van der Waals surface area contributed by atoms with E-state index < -0.39 is 5.92 Å². The number of aromatic nitrogens is 2. The number of rotatable bonds is 1. The van der Waals surface area contributed by atoms with E-state index in [9.17, 15) is 8.78 Å². The van der Waals surface area contributed by atoms with Gasteiger partial charge in [-0.3, -0.25) is 4.68 Å². The second-order valence-corrected chi connectivity index (χ2v) is 4.76. The Morgan fingerprint density at radius 1 is 1.35 bits per heavy atom. The highest BCUT2D eigenvalue weighted by Gasteiger charge is 2.36. The molecule has 17 heavy (non-hydrogen) atoms. The van der Waals surface area contributed by atoms with Gasteiger partial charge in [0.2, 0.25) is 0 Å². The van der Waals surface area contributed by atoms with Crippen molar-refractivity contribution in [1.82, 2.24) is 15.1 Å². The van der Waals surface area contributed by atoms with E-state index in [4.69, 9.17) is 0 Å². The first-order valence-electron chi connectivity index (χ1n) is 6.04. The van der Waals surface area contributed by atoms with Crippen molar-refractivity contribution in [2.24, 2.45) is 0 Å². The second-order valence-electron chi connectivity index (χ2n) is 4.76. The van der Waals surface area contributed by atoms with Crippen molar-refractivity contribution < 1.29 is 8.78 Å². The van der Waals surface area contributed by atoms with Crippen LogP contribution in [-0.4, -0.2) is 35.3 Å². The summed E-state index contributed by atoms with van der Waals surface area (Å²) in [5, 5.41) is 7.52. The molecule has 0 aliphatic carbocycles. The topological polar surface area (TPSA) is 33.1 Å². The summed E-state index contributed by atoms with van der Waals surface area (Å²) in [6.07, 6.45) is 2.28. The minimum atomic E-state index is -2.56. The summed E-state index contributed by atoms with van der Waals surface area (Å²) < 4.78 is 28.7. The van der Waals surface area contributed by atoms with Crippen molar-refractivity contribution in [3.63, 3.8) is 0 Å². The lowest BCUT2D eigenvalue weighted by Crippen LogP contribution is -2.43. The van der Waals surface area contributed by atoms with Gasteiger partial charge in [-0.1, -0.05) is 0 Å². The summed E-state index contributed by atoms with van der Waals surface area (Å²) >= 11 is 0. The van der Waals surface area contributed by atoms with Crippen LogP contribution >= 0.6 is 0 Å². The molecule has 0 atom stereocenters. The standard InChI is InChI=1S/C11H16F2N4/c12-11(13)2-1-4-16(8-11)9-7-15-17-5-3-14-6-10(9)17/h7,14H,1-6,8H2. The molecule has 94 valence electrons. The van der Waals surface area contributed by atoms with Gasteiger partial charge in [0.1, 0.15) is 0 Å². The first-order chi connectivity index (χ1) is 8.16. The van der Waals surface area contributed by atoms with Crippen LogP contribution in [0.15, 0.2) is 6.20 Å².